The molecule has 0 atom stereocenters. The minimum atomic E-state index is 0. The Morgan fingerprint density at radius 3 is 0.667 bits per heavy atom. The van der Waals surface area contributed by atoms with Crippen LogP contribution in [0.1, 0.15) is 0 Å². The third-order valence-electron chi connectivity index (χ3n) is 0.667. The molecule has 1 aromatic carbocycles. The van der Waals surface area contributed by atoms with Crippen molar-refractivity contribution >= 4 is 48.8 Å². The fourth-order valence-corrected chi connectivity index (χ4v) is 0.385. The molecule has 0 spiro atoms. The van der Waals surface area contributed by atoms with Crippen molar-refractivity contribution < 1.29 is 0 Å². The predicted molar refractivity (Wildman–Crippen MR) is 56.4 cm³/mol. The summed E-state index contributed by atoms with van der Waals surface area (Å²) in [6, 6.07) is 12.0. The van der Waals surface area contributed by atoms with E-state index in [1.165, 1.54) is 0 Å². The largest absolute Gasteiger partial charge is 0.147 e. The predicted octanol–water partition coefficient (Wildman–Crippen LogP) is 3.15. The van der Waals surface area contributed by atoms with Crippen LogP contribution in [0.4, 0.5) is 0 Å². The summed E-state index contributed by atoms with van der Waals surface area (Å²) in [6.45, 7) is 0. The van der Waals surface area contributed by atoms with Crippen molar-refractivity contribution in [1.29, 1.82) is 0 Å². The molecule has 3 heteroatoms. The Morgan fingerprint density at radius 2 is 0.556 bits per heavy atom. The molecule has 0 radical (unpaired) electrons. The highest BCUT2D eigenvalue weighted by Gasteiger charge is 1.57. The molecule has 0 aromatic heterocycles. The third kappa shape index (κ3) is 8.53. The van der Waals surface area contributed by atoms with Crippen molar-refractivity contribution in [1.82, 2.24) is 0 Å². The molecule has 54 valence electrons. The van der Waals surface area contributed by atoms with Gasteiger partial charge in [0.05, 0.1) is 0 Å². The van der Waals surface area contributed by atoms with Crippen molar-refractivity contribution in [2.24, 2.45) is 0 Å². The number of rotatable bonds is 0. The zero-order chi connectivity index (χ0) is 4.24. The molecule has 0 heterocycles. The Kier molecular flexibility index (Phi) is 20.5. The quantitative estimate of drug-likeness (QED) is 0.640. The van der Waals surface area contributed by atoms with E-state index in [1.54, 1.807) is 0 Å². The van der Waals surface area contributed by atoms with Crippen molar-refractivity contribution in [3.05, 3.63) is 36.4 Å². The summed E-state index contributed by atoms with van der Waals surface area (Å²) < 4.78 is 0. The van der Waals surface area contributed by atoms with Gasteiger partial charge in [0.15, 0.2) is 0 Å². The fourth-order valence-electron chi connectivity index (χ4n) is 0.385. The van der Waals surface area contributed by atoms with E-state index in [9.17, 15) is 0 Å². The van der Waals surface area contributed by atoms with Gasteiger partial charge in [-0.2, -0.15) is 0 Å². The van der Waals surface area contributed by atoms with E-state index in [0.717, 1.165) is 0 Å². The molecule has 1 rings (SSSR count). The Hall–Kier alpha value is 0.530. The average Bonchev–Trinajstić information content (AvgIpc) is 1.72. The zero-order valence-electron chi connectivity index (χ0n) is 4.69. The molecular formula is C6H9Cl2I. The fraction of sp³-hybridized carbons (Fsp3) is 0. The molecule has 0 aliphatic heterocycles. The maximum absolute atomic E-state index is 2.00. The molecule has 0 saturated carbocycles. The first-order valence-corrected chi connectivity index (χ1v) is 2.00. The van der Waals surface area contributed by atoms with Gasteiger partial charge in [-0.3, -0.25) is 0 Å². The Morgan fingerprint density at radius 1 is 0.444 bits per heavy atom. The van der Waals surface area contributed by atoms with E-state index >= 15 is 0 Å². The molecule has 0 fully saturated rings. The van der Waals surface area contributed by atoms with Crippen molar-refractivity contribution in [2.45, 2.75) is 0 Å². The molecule has 0 bridgehead atoms. The van der Waals surface area contributed by atoms with E-state index in [2.05, 4.69) is 0 Å². The van der Waals surface area contributed by atoms with Gasteiger partial charge in [-0.1, -0.05) is 36.4 Å². The third-order valence-corrected chi connectivity index (χ3v) is 0.667. The lowest BCUT2D eigenvalue weighted by Crippen LogP contribution is -1.47. The number of benzene rings is 1. The summed E-state index contributed by atoms with van der Waals surface area (Å²) in [5, 5.41) is 0. The molecule has 0 unspecified atom stereocenters. The number of hydrogen-bond acceptors (Lipinski definition) is 0. The van der Waals surface area contributed by atoms with Gasteiger partial charge in [0.2, 0.25) is 0 Å². The van der Waals surface area contributed by atoms with Gasteiger partial charge >= 0.3 is 0 Å². The summed E-state index contributed by atoms with van der Waals surface area (Å²) in [5.41, 5.74) is 0. The first-order valence-electron chi connectivity index (χ1n) is 2.00. The summed E-state index contributed by atoms with van der Waals surface area (Å²) in [5.74, 6) is 0. The van der Waals surface area contributed by atoms with Crippen molar-refractivity contribution in [2.75, 3.05) is 0 Å². The van der Waals surface area contributed by atoms with E-state index in [-0.39, 0.29) is 48.8 Å². The van der Waals surface area contributed by atoms with E-state index in [4.69, 9.17) is 0 Å². The molecular weight excluding hydrogens is 270 g/mol. The van der Waals surface area contributed by atoms with Crippen molar-refractivity contribution in [3.8, 4) is 0 Å². The van der Waals surface area contributed by atoms with Crippen LogP contribution in [0.5, 0.6) is 0 Å². The summed E-state index contributed by atoms with van der Waals surface area (Å²) in [7, 11) is 0. The Labute approximate surface area is 84.9 Å². The van der Waals surface area contributed by atoms with Gasteiger partial charge in [0, 0.05) is 0 Å². The van der Waals surface area contributed by atoms with Crippen LogP contribution in [0, 0.1) is 0 Å². The van der Waals surface area contributed by atoms with Crippen molar-refractivity contribution in [3.63, 3.8) is 0 Å². The second kappa shape index (κ2) is 11.3. The topological polar surface area (TPSA) is 0 Å². The van der Waals surface area contributed by atoms with E-state index in [1.807, 2.05) is 36.4 Å². The van der Waals surface area contributed by atoms with Crippen LogP contribution >= 0.6 is 48.8 Å². The maximum atomic E-state index is 2.00. The highest BCUT2D eigenvalue weighted by molar-refractivity contribution is 14.0. The van der Waals surface area contributed by atoms with Crippen LogP contribution in [-0.4, -0.2) is 0 Å². The molecule has 0 nitrogen and oxygen atoms in total. The molecule has 0 aliphatic carbocycles. The molecule has 0 amide bonds. The van der Waals surface area contributed by atoms with Gasteiger partial charge in [-0.05, 0) is 0 Å². The Bertz CT molecular complexity index is 83.0. The van der Waals surface area contributed by atoms with Crippen LogP contribution < -0.4 is 0 Å². The van der Waals surface area contributed by atoms with Gasteiger partial charge in [0.25, 0.3) is 0 Å². The normalized spacial score (nSPS) is 5.33. The minimum Gasteiger partial charge on any atom is -0.147 e. The second-order valence-corrected chi connectivity index (χ2v) is 1.15. The van der Waals surface area contributed by atoms with Gasteiger partial charge in [-0.25, -0.2) is 0 Å². The number of halogens is 3. The monoisotopic (exact) mass is 278 g/mol. The van der Waals surface area contributed by atoms with Crippen LogP contribution in [0.15, 0.2) is 36.4 Å². The van der Waals surface area contributed by atoms with Crippen LogP contribution in [0.3, 0.4) is 0 Å². The van der Waals surface area contributed by atoms with E-state index < -0.39 is 0 Å². The number of hydrogen-bond donors (Lipinski definition) is 0. The van der Waals surface area contributed by atoms with Crippen LogP contribution in [0.2, 0.25) is 0 Å². The molecule has 0 saturated heterocycles. The maximum Gasteiger partial charge on any atom is -0.0623 e. The van der Waals surface area contributed by atoms with E-state index in [0.29, 0.717) is 0 Å². The molecule has 9 heavy (non-hydrogen) atoms. The zero-order valence-corrected chi connectivity index (χ0v) is 8.65. The van der Waals surface area contributed by atoms with Crippen LogP contribution in [0.25, 0.3) is 0 Å². The Balaban J connectivity index is -0.000000120. The molecule has 1 aromatic rings. The first-order chi connectivity index (χ1) is 3.00. The summed E-state index contributed by atoms with van der Waals surface area (Å²) in [6.07, 6.45) is 0. The summed E-state index contributed by atoms with van der Waals surface area (Å²) >= 11 is 0. The second-order valence-electron chi connectivity index (χ2n) is 1.15. The molecule has 0 N–H and O–H groups in total. The highest BCUT2D eigenvalue weighted by Crippen LogP contribution is 1.79. The SMILES string of the molecule is Cl.Cl.I.c1ccccc1. The lowest BCUT2D eigenvalue weighted by Gasteiger charge is -1.69. The minimum absolute atomic E-state index is 0. The lowest BCUT2D eigenvalue weighted by molar-refractivity contribution is 1.72. The smallest absolute Gasteiger partial charge is 0.0623 e. The van der Waals surface area contributed by atoms with Gasteiger partial charge < -0.3 is 0 Å². The lowest BCUT2D eigenvalue weighted by atomic mass is 10.4. The standard InChI is InChI=1S/C6H6.2ClH.HI/c1-2-4-6-5-3-1;;;/h1-6H;3*1H. The summed E-state index contributed by atoms with van der Waals surface area (Å²) in [4.78, 5) is 0. The molecule has 0 aliphatic rings. The van der Waals surface area contributed by atoms with Gasteiger partial charge in [0.1, 0.15) is 0 Å². The van der Waals surface area contributed by atoms with Crippen LogP contribution in [-0.2, 0) is 0 Å². The highest BCUT2D eigenvalue weighted by atomic mass is 127. The first kappa shape index (κ1) is 16.3. The van der Waals surface area contributed by atoms with Gasteiger partial charge in [-0.15, -0.1) is 48.8 Å². The average molecular weight is 279 g/mol.